The van der Waals surface area contributed by atoms with Crippen LogP contribution in [0.25, 0.3) is 0 Å². The summed E-state index contributed by atoms with van der Waals surface area (Å²) in [5, 5.41) is 15.5. The van der Waals surface area contributed by atoms with Gasteiger partial charge in [0.15, 0.2) is 0 Å². The van der Waals surface area contributed by atoms with Gasteiger partial charge in [-0.1, -0.05) is 98.5 Å². The molecular formula is C44H42N6O9. The van der Waals surface area contributed by atoms with Gasteiger partial charge in [0.05, 0.1) is 37.3 Å². The van der Waals surface area contributed by atoms with Gasteiger partial charge in [0.2, 0.25) is 11.8 Å². The molecule has 2 fully saturated rings. The maximum absolute atomic E-state index is 15.9. The van der Waals surface area contributed by atoms with Crippen LogP contribution in [-0.2, 0) is 34.1 Å². The predicted molar refractivity (Wildman–Crippen MR) is 213 cm³/mol. The fraction of sp³-hybridized carbons (Fsp3) is 0.273. The van der Waals surface area contributed by atoms with Crippen molar-refractivity contribution in [2.75, 3.05) is 18.6 Å². The first-order chi connectivity index (χ1) is 28.3. The summed E-state index contributed by atoms with van der Waals surface area (Å²) in [6.07, 6.45) is -0.956. The van der Waals surface area contributed by atoms with Crippen molar-refractivity contribution in [2.24, 2.45) is 23.3 Å². The van der Waals surface area contributed by atoms with Crippen LogP contribution >= 0.6 is 0 Å². The van der Waals surface area contributed by atoms with Crippen LogP contribution in [0.2, 0.25) is 0 Å². The second-order valence-electron chi connectivity index (χ2n) is 14.8. The van der Waals surface area contributed by atoms with Gasteiger partial charge < -0.3 is 36.7 Å². The van der Waals surface area contributed by atoms with Crippen molar-refractivity contribution in [1.82, 2.24) is 15.5 Å². The number of ether oxygens (including phenoxy) is 2. The number of imide groups is 1. The van der Waals surface area contributed by atoms with E-state index in [4.69, 9.17) is 20.9 Å². The number of aromatic hydroxyl groups is 1. The molecule has 59 heavy (non-hydrogen) atoms. The number of cyclic esters (lactones) is 1. The Bertz CT molecular complexity index is 2380. The van der Waals surface area contributed by atoms with Crippen LogP contribution in [0.3, 0.4) is 0 Å². The van der Waals surface area contributed by atoms with E-state index in [9.17, 15) is 29.1 Å². The number of carbonyl (C=O) groups is 6. The van der Waals surface area contributed by atoms with Crippen LogP contribution in [-0.4, -0.2) is 71.6 Å². The number of nitrogens with one attached hydrogen (secondary N) is 2. The van der Waals surface area contributed by atoms with Crippen LogP contribution in [0, 0.1) is 23.7 Å². The topological polar surface area (TPSA) is 224 Å². The highest BCUT2D eigenvalue weighted by atomic mass is 16.6. The lowest BCUT2D eigenvalue weighted by Gasteiger charge is -2.46. The van der Waals surface area contributed by atoms with Gasteiger partial charge in [0.1, 0.15) is 29.4 Å². The summed E-state index contributed by atoms with van der Waals surface area (Å²) in [4.78, 5) is 86.4. The zero-order chi connectivity index (χ0) is 42.2. The number of morpholine rings is 1. The van der Waals surface area contributed by atoms with E-state index < -0.39 is 83.3 Å². The van der Waals surface area contributed by atoms with Crippen LogP contribution in [0.15, 0.2) is 103 Å². The lowest BCUT2D eigenvalue weighted by atomic mass is 9.65. The van der Waals surface area contributed by atoms with Gasteiger partial charge in [-0.2, -0.15) is 0 Å². The number of fused-ring (bicyclic) bond motifs is 3. The Morgan fingerprint density at radius 1 is 0.881 bits per heavy atom. The summed E-state index contributed by atoms with van der Waals surface area (Å²) in [5.41, 5.74) is 11.7. The number of phenols is 1. The zero-order valence-corrected chi connectivity index (χ0v) is 32.3. The van der Waals surface area contributed by atoms with Gasteiger partial charge in [0, 0.05) is 5.56 Å². The molecule has 6 amide bonds. The van der Waals surface area contributed by atoms with Crippen molar-refractivity contribution >= 4 is 41.5 Å². The molecule has 15 nitrogen and oxygen atoms in total. The van der Waals surface area contributed by atoms with E-state index in [1.807, 2.05) is 48.5 Å². The predicted octanol–water partition coefficient (Wildman–Crippen LogP) is 3.47. The third-order valence-corrected chi connectivity index (χ3v) is 11.2. The molecule has 7 N–H and O–H groups in total. The smallest absolute Gasteiger partial charge is 0.329 e. The van der Waals surface area contributed by atoms with E-state index in [0.717, 1.165) is 4.90 Å². The first-order valence-electron chi connectivity index (χ1n) is 18.9. The molecule has 15 heteroatoms. The van der Waals surface area contributed by atoms with E-state index in [1.54, 1.807) is 55.1 Å². The Balaban J connectivity index is 1.54. The number of benzene rings is 4. The molecule has 0 aliphatic carbocycles. The Morgan fingerprint density at radius 2 is 1.53 bits per heavy atom. The molecule has 2 saturated heterocycles. The molecule has 7 rings (SSSR count). The van der Waals surface area contributed by atoms with E-state index >= 15 is 4.79 Å². The summed E-state index contributed by atoms with van der Waals surface area (Å²) in [7, 11) is 1.18. The largest absolute Gasteiger partial charge is 0.508 e. The average molecular weight is 799 g/mol. The molecule has 0 bridgehead atoms. The Hall–Kier alpha value is -7.18. The van der Waals surface area contributed by atoms with Crippen LogP contribution in [0.1, 0.15) is 59.9 Å². The number of primary amides is 2. The number of amides is 6. The minimum absolute atomic E-state index is 0.0415. The number of hydrogen-bond donors (Lipinski definition) is 5. The number of nitrogens with two attached hydrogens (primary N) is 2. The van der Waals surface area contributed by atoms with Crippen molar-refractivity contribution in [1.29, 1.82) is 0 Å². The summed E-state index contributed by atoms with van der Waals surface area (Å²) >= 11 is 0. The second kappa shape index (κ2) is 16.0. The van der Waals surface area contributed by atoms with Crippen LogP contribution < -0.4 is 27.0 Å². The number of nitrogens with zero attached hydrogens (tertiary/aromatic N) is 2. The van der Waals surface area contributed by atoms with Gasteiger partial charge in [-0.3, -0.25) is 19.3 Å². The van der Waals surface area contributed by atoms with Crippen LogP contribution in [0.4, 0.5) is 15.3 Å². The molecule has 4 aromatic rings. The molecular weight excluding hydrogens is 757 g/mol. The van der Waals surface area contributed by atoms with Crippen molar-refractivity contribution in [3.05, 3.63) is 131 Å². The Labute approximate surface area is 339 Å². The third-order valence-electron chi connectivity index (χ3n) is 11.2. The molecule has 3 aliphatic heterocycles. The average Bonchev–Trinajstić information content (AvgIpc) is 3.68. The summed E-state index contributed by atoms with van der Waals surface area (Å²) in [6, 6.07) is 22.3. The standard InChI is InChI=1S/C44H42N6O9/c1-24(2)33(39(53)58-3)48-43(57)49-31-21-16-25(11-10-22-47-42(46)56)23-30(31)44(41(49)55)32(38(45)52)35-40(54)59-36(27-14-8-5-9-15-27)34(26-12-6-4-7-13-26)50(35)37(44)28-17-19-29(51)20-18-28/h4-9,12-21,23-24,32-37,51H,22H2,1-3H3,(H2,45,52)(H,48,57)(H3,46,47,56)/t32-,33+,34-,35-,36+,37+,44-/m1/s1. The lowest BCUT2D eigenvalue weighted by Crippen LogP contribution is -2.57. The van der Waals surface area contributed by atoms with Crippen molar-refractivity contribution < 1.29 is 43.3 Å². The maximum atomic E-state index is 15.9. The number of esters is 2. The molecule has 302 valence electrons. The highest BCUT2D eigenvalue weighted by Gasteiger charge is 2.75. The molecule has 7 atom stereocenters. The minimum Gasteiger partial charge on any atom is -0.508 e. The number of carbonyl (C=O) groups excluding carboxylic acids is 6. The van der Waals surface area contributed by atoms with Gasteiger partial charge in [0.25, 0.3) is 0 Å². The normalized spacial score (nSPS) is 23.7. The number of rotatable bonds is 8. The molecule has 3 heterocycles. The van der Waals surface area contributed by atoms with Crippen molar-refractivity contribution in [2.45, 2.75) is 49.5 Å². The molecule has 0 unspecified atom stereocenters. The lowest BCUT2D eigenvalue weighted by molar-refractivity contribution is -0.178. The first-order valence-corrected chi connectivity index (χ1v) is 18.9. The van der Waals surface area contributed by atoms with Gasteiger partial charge in [-0.05, 0) is 58.5 Å². The van der Waals surface area contributed by atoms with Crippen molar-refractivity contribution in [3.63, 3.8) is 0 Å². The number of phenolic OH excluding ortho intramolecular Hbond substituents is 1. The fourth-order valence-electron chi connectivity index (χ4n) is 8.77. The molecule has 0 aromatic heterocycles. The summed E-state index contributed by atoms with van der Waals surface area (Å²) < 4.78 is 11.3. The molecule has 3 aliphatic rings. The molecule has 1 spiro atoms. The molecule has 0 saturated carbocycles. The third kappa shape index (κ3) is 6.87. The highest BCUT2D eigenvalue weighted by Crippen LogP contribution is 2.65. The highest BCUT2D eigenvalue weighted by molar-refractivity contribution is 6.25. The maximum Gasteiger partial charge on any atom is 0.329 e. The molecule has 4 aromatic carbocycles. The quantitative estimate of drug-likeness (QED) is 0.129. The number of urea groups is 2. The van der Waals surface area contributed by atoms with E-state index in [1.165, 1.54) is 25.3 Å². The van der Waals surface area contributed by atoms with Gasteiger partial charge >= 0.3 is 24.0 Å². The second-order valence-corrected chi connectivity index (χ2v) is 14.8. The monoisotopic (exact) mass is 798 g/mol. The summed E-state index contributed by atoms with van der Waals surface area (Å²) in [5.74, 6) is 0.00405. The Kier molecular flexibility index (Phi) is 10.8. The number of hydrogen-bond acceptors (Lipinski definition) is 10. The first kappa shape index (κ1) is 40.0. The van der Waals surface area contributed by atoms with Crippen molar-refractivity contribution in [3.8, 4) is 17.6 Å². The fourth-order valence-corrected chi connectivity index (χ4v) is 8.77. The number of methoxy groups -OCH3 is 1. The molecule has 0 radical (unpaired) electrons. The number of anilines is 1. The van der Waals surface area contributed by atoms with E-state index in [0.29, 0.717) is 22.3 Å². The van der Waals surface area contributed by atoms with E-state index in [-0.39, 0.29) is 23.5 Å². The summed E-state index contributed by atoms with van der Waals surface area (Å²) in [6.45, 7) is 3.27. The zero-order valence-electron chi connectivity index (χ0n) is 32.3. The Morgan fingerprint density at radius 3 is 2.12 bits per heavy atom. The van der Waals surface area contributed by atoms with Crippen LogP contribution in [0.5, 0.6) is 5.75 Å². The SMILES string of the molecule is COC(=O)[C@@H](NC(=O)N1C(=O)[C@@]2(c3cc(C#CCNC(N)=O)ccc31)[C@H](c1ccc(O)cc1)N1[C@H](c3ccccc3)[C@H](c3ccccc3)OC(=O)[C@H]1[C@@H]2C(N)=O)C(C)C. The minimum atomic E-state index is -2.14. The van der Waals surface area contributed by atoms with Gasteiger partial charge in [-0.25, -0.2) is 19.3 Å². The van der Waals surface area contributed by atoms with E-state index in [2.05, 4.69) is 22.5 Å². The van der Waals surface area contributed by atoms with Gasteiger partial charge in [-0.15, -0.1) is 0 Å².